The summed E-state index contributed by atoms with van der Waals surface area (Å²) < 4.78 is 0. The Kier molecular flexibility index (Phi) is 2.61. The molecule has 3 nitrogen and oxygen atoms in total. The number of hydrogen-bond donors (Lipinski definition) is 0. The summed E-state index contributed by atoms with van der Waals surface area (Å²) in [5.41, 5.74) is 3.33. The lowest BCUT2D eigenvalue weighted by molar-refractivity contribution is 0.0269. The number of fused-ring (bicyclic) bond motifs is 2. The molecule has 0 aromatic carbocycles. The third-order valence-corrected chi connectivity index (χ3v) is 5.13. The van der Waals surface area contributed by atoms with Gasteiger partial charge in [0.1, 0.15) is 0 Å². The molecule has 4 rings (SSSR count). The van der Waals surface area contributed by atoms with Gasteiger partial charge in [0.05, 0.1) is 5.56 Å². The van der Waals surface area contributed by atoms with Crippen molar-refractivity contribution in [3.8, 4) is 0 Å². The molecule has 0 unspecified atom stereocenters. The van der Waals surface area contributed by atoms with Gasteiger partial charge in [0.15, 0.2) is 0 Å². The molecule has 1 aliphatic heterocycles. The average Bonchev–Trinajstić information content (AvgIpc) is 2.79. The Morgan fingerprint density at radius 2 is 2.11 bits per heavy atom. The molecule has 2 aliphatic carbocycles. The number of hydrogen-bond acceptors (Lipinski definition) is 2. The molecule has 2 fully saturated rings. The highest BCUT2D eigenvalue weighted by Gasteiger charge is 2.44. The van der Waals surface area contributed by atoms with Crippen LogP contribution in [0.5, 0.6) is 0 Å². The maximum Gasteiger partial charge on any atom is 0.255 e. The van der Waals surface area contributed by atoms with E-state index >= 15 is 0 Å². The first-order chi connectivity index (χ1) is 9.33. The molecule has 0 N–H and O–H groups in total. The fourth-order valence-electron chi connectivity index (χ4n) is 4.00. The smallest absolute Gasteiger partial charge is 0.255 e. The molecule has 1 aromatic rings. The van der Waals surface area contributed by atoms with Gasteiger partial charge in [0.25, 0.3) is 5.91 Å². The molecule has 3 heteroatoms. The third-order valence-electron chi connectivity index (χ3n) is 5.13. The van der Waals surface area contributed by atoms with E-state index in [1.165, 1.54) is 43.4 Å². The van der Waals surface area contributed by atoms with Gasteiger partial charge in [-0.05, 0) is 56.1 Å². The second-order valence-corrected chi connectivity index (χ2v) is 6.25. The molecule has 1 amide bonds. The van der Waals surface area contributed by atoms with Crippen LogP contribution in [0.25, 0.3) is 0 Å². The van der Waals surface area contributed by atoms with E-state index in [-0.39, 0.29) is 5.91 Å². The van der Waals surface area contributed by atoms with Gasteiger partial charge in [0, 0.05) is 24.5 Å². The fourth-order valence-corrected chi connectivity index (χ4v) is 4.00. The second-order valence-electron chi connectivity index (χ2n) is 6.25. The molecular formula is C16H20N2O. The summed E-state index contributed by atoms with van der Waals surface area (Å²) in [6, 6.07) is 2.63. The van der Waals surface area contributed by atoms with Gasteiger partial charge >= 0.3 is 0 Å². The Labute approximate surface area is 114 Å². The molecule has 0 bridgehead atoms. The lowest BCUT2D eigenvalue weighted by Gasteiger charge is -2.44. The summed E-state index contributed by atoms with van der Waals surface area (Å²) in [6.07, 6.45) is 10.3. The Balaban J connectivity index is 1.57. The van der Waals surface area contributed by atoms with Crippen LogP contribution in [0.4, 0.5) is 0 Å². The molecule has 1 saturated heterocycles. The van der Waals surface area contributed by atoms with Gasteiger partial charge in [-0.25, -0.2) is 0 Å². The Bertz CT molecular complexity index is 525. The minimum atomic E-state index is 0.212. The number of aromatic nitrogens is 1. The van der Waals surface area contributed by atoms with Gasteiger partial charge in [0.2, 0.25) is 0 Å². The second kappa shape index (κ2) is 4.32. The number of likely N-dealkylation sites (tertiary alicyclic amines) is 1. The van der Waals surface area contributed by atoms with Gasteiger partial charge in [-0.3, -0.25) is 9.78 Å². The summed E-state index contributed by atoms with van der Waals surface area (Å²) in [6.45, 7) is 0.973. The first-order valence-corrected chi connectivity index (χ1v) is 7.62. The summed E-state index contributed by atoms with van der Waals surface area (Å²) in [5.74, 6) is 0.999. The summed E-state index contributed by atoms with van der Waals surface area (Å²) in [7, 11) is 0. The molecule has 2 heterocycles. The Hall–Kier alpha value is -1.38. The number of nitrogens with zero attached hydrogens (tertiary/aromatic N) is 2. The zero-order chi connectivity index (χ0) is 12.8. The van der Waals surface area contributed by atoms with Crippen molar-refractivity contribution in [3.05, 3.63) is 29.1 Å². The van der Waals surface area contributed by atoms with Crippen LogP contribution in [0.1, 0.15) is 53.7 Å². The minimum absolute atomic E-state index is 0.212. The summed E-state index contributed by atoms with van der Waals surface area (Å²) >= 11 is 0. The van der Waals surface area contributed by atoms with E-state index in [2.05, 4.69) is 16.0 Å². The molecule has 1 aromatic heterocycles. The van der Waals surface area contributed by atoms with Crippen molar-refractivity contribution in [2.24, 2.45) is 5.92 Å². The predicted octanol–water partition coefficient (Wildman–Crippen LogP) is 2.58. The number of rotatable bonds is 1. The number of aryl methyl sites for hydroxylation is 2. The van der Waals surface area contributed by atoms with E-state index in [1.807, 2.05) is 0 Å². The molecule has 19 heavy (non-hydrogen) atoms. The van der Waals surface area contributed by atoms with Gasteiger partial charge in [-0.2, -0.15) is 0 Å². The van der Waals surface area contributed by atoms with Gasteiger partial charge < -0.3 is 4.90 Å². The van der Waals surface area contributed by atoms with Crippen LogP contribution >= 0.6 is 0 Å². The topological polar surface area (TPSA) is 33.2 Å². The van der Waals surface area contributed by atoms with Crippen molar-refractivity contribution >= 4 is 5.91 Å². The van der Waals surface area contributed by atoms with Crippen LogP contribution < -0.4 is 0 Å². The normalized spacial score (nSPS) is 28.5. The number of carbonyl (C=O) groups is 1. The minimum Gasteiger partial charge on any atom is -0.335 e. The first kappa shape index (κ1) is 11.4. The highest BCUT2D eigenvalue weighted by Crippen LogP contribution is 2.39. The van der Waals surface area contributed by atoms with Crippen LogP contribution in [0.2, 0.25) is 0 Å². The highest BCUT2D eigenvalue weighted by molar-refractivity contribution is 5.95. The van der Waals surface area contributed by atoms with Crippen molar-refractivity contribution in [2.75, 3.05) is 6.54 Å². The third kappa shape index (κ3) is 1.78. The zero-order valence-electron chi connectivity index (χ0n) is 11.3. The van der Waals surface area contributed by atoms with Gasteiger partial charge in [-0.15, -0.1) is 0 Å². The largest absolute Gasteiger partial charge is 0.335 e. The van der Waals surface area contributed by atoms with Crippen LogP contribution in [0, 0.1) is 5.92 Å². The van der Waals surface area contributed by atoms with Crippen LogP contribution in [0.3, 0.4) is 0 Å². The highest BCUT2D eigenvalue weighted by atomic mass is 16.2. The zero-order valence-corrected chi connectivity index (χ0v) is 11.3. The molecule has 0 spiro atoms. The van der Waals surface area contributed by atoms with Crippen molar-refractivity contribution in [1.29, 1.82) is 0 Å². The molecule has 1 saturated carbocycles. The molecule has 2 atom stereocenters. The number of carbonyl (C=O) groups excluding carboxylic acids is 1. The van der Waals surface area contributed by atoms with E-state index in [0.717, 1.165) is 30.9 Å². The van der Waals surface area contributed by atoms with Crippen LogP contribution in [0.15, 0.2) is 12.3 Å². The number of amides is 1. The van der Waals surface area contributed by atoms with E-state index < -0.39 is 0 Å². The van der Waals surface area contributed by atoms with Crippen molar-refractivity contribution < 1.29 is 4.79 Å². The van der Waals surface area contributed by atoms with Crippen molar-refractivity contribution in [2.45, 2.75) is 51.0 Å². The molecule has 100 valence electrons. The van der Waals surface area contributed by atoms with E-state index in [9.17, 15) is 4.79 Å². The monoisotopic (exact) mass is 256 g/mol. The summed E-state index contributed by atoms with van der Waals surface area (Å²) in [5, 5.41) is 0. The summed E-state index contributed by atoms with van der Waals surface area (Å²) in [4.78, 5) is 19.1. The lowest BCUT2D eigenvalue weighted by Crippen LogP contribution is -2.56. The van der Waals surface area contributed by atoms with E-state index in [4.69, 9.17) is 0 Å². The molecular weight excluding hydrogens is 236 g/mol. The Morgan fingerprint density at radius 1 is 1.21 bits per heavy atom. The van der Waals surface area contributed by atoms with Crippen molar-refractivity contribution in [1.82, 2.24) is 9.88 Å². The standard InChI is InChI=1S/C16H20N2O/c19-16(18-10-12-5-3-7-15(12)18)13-8-11-4-1-2-6-14(11)17-9-13/h8-9,12,15H,1-7,10H2/t12-,15-/m0/s1. The van der Waals surface area contributed by atoms with E-state index in [0.29, 0.717) is 6.04 Å². The maximum atomic E-state index is 12.5. The first-order valence-electron chi connectivity index (χ1n) is 7.62. The maximum absolute atomic E-state index is 12.5. The Morgan fingerprint density at radius 3 is 3.00 bits per heavy atom. The number of pyridine rings is 1. The van der Waals surface area contributed by atoms with Crippen molar-refractivity contribution in [3.63, 3.8) is 0 Å². The quantitative estimate of drug-likeness (QED) is 0.773. The SMILES string of the molecule is O=C(c1cnc2c(c1)CCCC2)N1C[C@@H]2CCC[C@@H]21. The average molecular weight is 256 g/mol. The van der Waals surface area contributed by atoms with E-state index in [1.54, 1.807) is 6.20 Å². The fraction of sp³-hybridized carbons (Fsp3) is 0.625. The molecule has 3 aliphatic rings. The predicted molar refractivity (Wildman–Crippen MR) is 73.0 cm³/mol. The van der Waals surface area contributed by atoms with Gasteiger partial charge in [-0.1, -0.05) is 6.42 Å². The lowest BCUT2D eigenvalue weighted by atomic mass is 9.90. The molecule has 0 radical (unpaired) electrons. The van der Waals surface area contributed by atoms with Crippen LogP contribution in [-0.4, -0.2) is 28.4 Å². The van der Waals surface area contributed by atoms with Crippen LogP contribution in [-0.2, 0) is 12.8 Å².